The number of benzene rings is 5. The zero-order valence-corrected chi connectivity index (χ0v) is 36.1. The zero-order chi connectivity index (χ0) is 52.2. The van der Waals surface area contributed by atoms with Gasteiger partial charge in [0.25, 0.3) is 0 Å². The van der Waals surface area contributed by atoms with Crippen LogP contribution in [0.25, 0.3) is 28.2 Å². The lowest BCUT2D eigenvalue weighted by atomic mass is 9.78. The molecule has 5 aromatic carbocycles. The molecule has 4 bridgehead atoms. The predicted octanol–water partition coefficient (Wildman–Crippen LogP) is 2.56. The third-order valence-corrected chi connectivity index (χ3v) is 12.2. The number of rotatable bonds is 2. The lowest BCUT2D eigenvalue weighted by Crippen LogP contribution is -2.63. The van der Waals surface area contributed by atoms with Gasteiger partial charge in [0.2, 0.25) is 29.6 Å². The molecule has 372 valence electrons. The Hall–Kier alpha value is -10.2. The molecule has 12 N–H and O–H groups in total. The number of aromatic nitrogens is 2. The van der Waals surface area contributed by atoms with Gasteiger partial charge in [-0.25, -0.2) is 33.9 Å². The molecule has 1 saturated heterocycles. The van der Waals surface area contributed by atoms with Crippen LogP contribution in [-0.4, -0.2) is 144 Å². The molecule has 1 fully saturated rings. The van der Waals surface area contributed by atoms with Crippen LogP contribution in [0.5, 0.6) is 69.0 Å². The summed E-state index contributed by atoms with van der Waals surface area (Å²) in [6, 6.07) is 8.70. The van der Waals surface area contributed by atoms with Gasteiger partial charge in [-0.1, -0.05) is 12.1 Å². The van der Waals surface area contributed by atoms with E-state index < -0.39 is 198 Å². The topological polar surface area (TPSA) is 426 Å². The molecule has 0 spiro atoms. The number of para-hydroxylation sites is 2. The van der Waals surface area contributed by atoms with Gasteiger partial charge >= 0.3 is 29.8 Å². The SMILES string of the molecule is O=C1O[C@H]2[C@H](OC(=O)c3cc(O)c(O)c(O)c3)O[C@@H]3COC(=O)c4cc(O)c(O)c(O)c4-c4c(cc(O)c(O)c4O)C(=O)O[C@@H]2[C@@H]3OC(=O)c2cc(O)c(O)c(O)c2[C@@H]2C(=O)c3nc4ccccc4nc3C=C12. The molecule has 73 heavy (non-hydrogen) atoms. The third kappa shape index (κ3) is 7.31. The van der Waals surface area contributed by atoms with Gasteiger partial charge in [0, 0.05) is 16.7 Å². The molecule has 0 amide bonds. The van der Waals surface area contributed by atoms with Crippen LogP contribution in [0.1, 0.15) is 69.1 Å². The first-order valence-electron chi connectivity index (χ1n) is 20.9. The Balaban J connectivity index is 1.22. The van der Waals surface area contributed by atoms with E-state index in [1.54, 1.807) is 12.1 Å². The Kier molecular flexibility index (Phi) is 10.7. The molecular formula is C47H30N2O24. The fourth-order valence-electron chi connectivity index (χ4n) is 8.71. The number of ether oxygens (including phenoxy) is 6. The number of nitrogens with zero attached hydrogens (tertiary/aromatic N) is 2. The van der Waals surface area contributed by atoms with E-state index in [4.69, 9.17) is 28.4 Å². The molecule has 3 aliphatic heterocycles. The van der Waals surface area contributed by atoms with Crippen molar-refractivity contribution >= 4 is 52.7 Å². The summed E-state index contributed by atoms with van der Waals surface area (Å²) in [5.41, 5.74) is -8.16. The van der Waals surface area contributed by atoms with Gasteiger partial charge in [-0.05, 0) is 48.5 Å². The van der Waals surface area contributed by atoms with Crippen molar-refractivity contribution in [2.24, 2.45) is 0 Å². The molecule has 4 heterocycles. The third-order valence-electron chi connectivity index (χ3n) is 12.2. The summed E-state index contributed by atoms with van der Waals surface area (Å²) in [6.45, 7) is -1.26. The molecular weight excluding hydrogens is 977 g/mol. The Labute approximate surface area is 403 Å². The Bertz CT molecular complexity index is 3530. The normalized spacial score (nSPS) is 21.3. The van der Waals surface area contributed by atoms with Crippen molar-refractivity contribution in [1.29, 1.82) is 0 Å². The summed E-state index contributed by atoms with van der Waals surface area (Å²) in [7, 11) is 0. The number of fused-ring (bicyclic) bond motifs is 8. The van der Waals surface area contributed by atoms with Gasteiger partial charge in [-0.15, -0.1) is 0 Å². The first-order valence-corrected chi connectivity index (χ1v) is 20.9. The number of phenolic OH excluding ortho intramolecular Hbond substituents is 12. The lowest BCUT2D eigenvalue weighted by Gasteiger charge is -2.44. The van der Waals surface area contributed by atoms with Gasteiger partial charge in [0.15, 0.2) is 69.7 Å². The molecule has 0 saturated carbocycles. The number of carbonyl (C=O) groups is 6. The fraction of sp³-hybridized carbons (Fsp3) is 0.149. The van der Waals surface area contributed by atoms with Crippen LogP contribution in [0.4, 0.5) is 0 Å². The van der Waals surface area contributed by atoms with E-state index in [1.165, 1.54) is 12.1 Å². The minimum absolute atomic E-state index is 0.152. The summed E-state index contributed by atoms with van der Waals surface area (Å²) in [4.78, 5) is 96.2. The van der Waals surface area contributed by atoms with Gasteiger partial charge in [-0.2, -0.15) is 0 Å². The lowest BCUT2D eigenvalue weighted by molar-refractivity contribution is -0.287. The van der Waals surface area contributed by atoms with Crippen molar-refractivity contribution in [1.82, 2.24) is 9.97 Å². The highest BCUT2D eigenvalue weighted by Crippen LogP contribution is 2.54. The minimum Gasteiger partial charge on any atom is -0.504 e. The van der Waals surface area contributed by atoms with Crippen molar-refractivity contribution < 1.29 is 118 Å². The smallest absolute Gasteiger partial charge is 0.340 e. The van der Waals surface area contributed by atoms with E-state index in [9.17, 15) is 85.3 Å². The molecule has 10 rings (SSSR count). The number of ketones is 1. The monoisotopic (exact) mass is 1010 g/mol. The Morgan fingerprint density at radius 1 is 0.548 bits per heavy atom. The van der Waals surface area contributed by atoms with Crippen LogP contribution < -0.4 is 0 Å². The largest absolute Gasteiger partial charge is 0.504 e. The van der Waals surface area contributed by atoms with E-state index in [1.807, 2.05) is 0 Å². The Morgan fingerprint density at radius 2 is 1.05 bits per heavy atom. The summed E-state index contributed by atoms with van der Waals surface area (Å²) in [5, 5.41) is 128. The maximum Gasteiger partial charge on any atom is 0.340 e. The van der Waals surface area contributed by atoms with Crippen LogP contribution in [0, 0.1) is 0 Å². The van der Waals surface area contributed by atoms with Crippen molar-refractivity contribution in [2.45, 2.75) is 36.6 Å². The van der Waals surface area contributed by atoms with Crippen LogP contribution >= 0.6 is 0 Å². The number of phenols is 12. The van der Waals surface area contributed by atoms with E-state index in [2.05, 4.69) is 9.97 Å². The first kappa shape index (κ1) is 46.5. The average molecular weight is 1010 g/mol. The molecule has 4 aliphatic rings. The second-order valence-electron chi connectivity index (χ2n) is 16.4. The predicted molar refractivity (Wildman–Crippen MR) is 232 cm³/mol. The molecule has 1 aromatic heterocycles. The van der Waals surface area contributed by atoms with E-state index in [-0.39, 0.29) is 16.7 Å². The molecule has 26 heteroatoms. The highest BCUT2D eigenvalue weighted by Gasteiger charge is 2.57. The number of aromatic hydroxyl groups is 12. The van der Waals surface area contributed by atoms with E-state index in [0.29, 0.717) is 30.3 Å². The van der Waals surface area contributed by atoms with Crippen LogP contribution in [-0.2, 0) is 33.2 Å². The number of Topliss-reactive ketones (excluding diaryl/α,β-unsaturated/α-hetero) is 1. The van der Waals surface area contributed by atoms with E-state index >= 15 is 4.79 Å². The van der Waals surface area contributed by atoms with E-state index in [0.717, 1.165) is 6.08 Å². The summed E-state index contributed by atoms with van der Waals surface area (Å²) in [5.74, 6) is -27.0. The van der Waals surface area contributed by atoms with Gasteiger partial charge < -0.3 is 89.7 Å². The van der Waals surface area contributed by atoms with Crippen LogP contribution in [0.15, 0.2) is 60.2 Å². The highest BCUT2D eigenvalue weighted by molar-refractivity contribution is 6.16. The summed E-state index contributed by atoms with van der Waals surface area (Å²) >= 11 is 0. The summed E-state index contributed by atoms with van der Waals surface area (Å²) < 4.78 is 34.7. The number of esters is 5. The molecule has 26 nitrogen and oxygen atoms in total. The molecule has 1 aliphatic carbocycles. The van der Waals surface area contributed by atoms with Crippen molar-refractivity contribution in [3.8, 4) is 80.1 Å². The van der Waals surface area contributed by atoms with Gasteiger partial charge in [0.1, 0.15) is 18.4 Å². The highest BCUT2D eigenvalue weighted by atomic mass is 16.7. The van der Waals surface area contributed by atoms with Gasteiger partial charge in [-0.3, -0.25) is 4.79 Å². The number of cyclic esters (lactones) is 1. The molecule has 0 radical (unpaired) electrons. The second kappa shape index (κ2) is 16.7. The maximum atomic E-state index is 15.0. The number of hydrogen-bond acceptors (Lipinski definition) is 26. The van der Waals surface area contributed by atoms with Crippen molar-refractivity contribution in [3.63, 3.8) is 0 Å². The fourth-order valence-corrected chi connectivity index (χ4v) is 8.71. The van der Waals surface area contributed by atoms with Crippen molar-refractivity contribution in [2.75, 3.05) is 6.61 Å². The number of hydrogen-bond donors (Lipinski definition) is 12. The minimum atomic E-state index is -2.52. The second-order valence-corrected chi connectivity index (χ2v) is 16.4. The van der Waals surface area contributed by atoms with Crippen LogP contribution in [0.2, 0.25) is 0 Å². The molecule has 6 atom stereocenters. The number of carbonyl (C=O) groups excluding carboxylic acids is 6. The molecule has 0 unspecified atom stereocenters. The quantitative estimate of drug-likeness (QED) is 0.0673. The summed E-state index contributed by atoms with van der Waals surface area (Å²) in [6.07, 6.45) is -11.1. The molecule has 6 aromatic rings. The standard InChI is InChI=1S/C47H30N2O24/c50-20-5-12(6-21(51)31(20)55)42(63)73-47-41-40-39(25(69-47)11-68-43(64)14-8-22(52)32(56)36(60)27(14)29-16(46(67)71-40)10-24(54)34(58)38(29)62)70-45(66)15-9-23(53)33(57)37(61)28(15)26-13(44(65)72-41)7-19-30(35(26)59)49-18-4-2-1-3-17(18)48-19/h1-10,25-26,39-41,47,50-58,60-62H,11H2/t25-,26-,39-,40-,41-,47+/m1/s1. The van der Waals surface area contributed by atoms with Crippen molar-refractivity contribution in [3.05, 3.63) is 99.4 Å². The Morgan fingerprint density at radius 3 is 1.67 bits per heavy atom. The first-order chi connectivity index (χ1) is 34.6. The zero-order valence-electron chi connectivity index (χ0n) is 36.1. The average Bonchev–Trinajstić information content (AvgIpc) is 3.36. The van der Waals surface area contributed by atoms with Gasteiger partial charge in [0.05, 0.1) is 50.5 Å². The van der Waals surface area contributed by atoms with Crippen LogP contribution in [0.3, 0.4) is 0 Å². The maximum absolute atomic E-state index is 15.0.